The minimum atomic E-state index is 0.125. The standard InChI is InChI=1S/C36H35N/c1-24-18-25-8-12-27(24)13-9-26-11-15-28(14-10-25)34(19-26)29-6-5-7-30(20-29)35-22-32-21-33(36(2,3)4)17-16-31(32)23-37-35/h5-8,11-12,15-23H,9-10,13-14H2,1-4H3. The van der Waals surface area contributed by atoms with Gasteiger partial charge in [0.2, 0.25) is 0 Å². The second-order valence-electron chi connectivity index (χ2n) is 11.7. The Morgan fingerprint density at radius 2 is 1.35 bits per heavy atom. The Balaban J connectivity index is 1.39. The second kappa shape index (κ2) is 9.30. The molecule has 9 rings (SSSR count). The van der Waals surface area contributed by atoms with E-state index < -0.39 is 0 Å². The minimum Gasteiger partial charge on any atom is -0.256 e. The highest BCUT2D eigenvalue weighted by Crippen LogP contribution is 2.33. The van der Waals surface area contributed by atoms with E-state index in [0.717, 1.165) is 31.4 Å². The van der Waals surface area contributed by atoms with Crippen LogP contribution in [0.3, 0.4) is 0 Å². The molecule has 0 spiro atoms. The monoisotopic (exact) mass is 481 g/mol. The van der Waals surface area contributed by atoms with Gasteiger partial charge in [0, 0.05) is 17.1 Å². The first-order chi connectivity index (χ1) is 17.8. The lowest BCUT2D eigenvalue weighted by molar-refractivity contribution is 0.591. The fourth-order valence-corrected chi connectivity index (χ4v) is 5.63. The molecule has 0 aliphatic heterocycles. The Bertz CT molecular complexity index is 1620. The molecule has 4 bridgehead atoms. The summed E-state index contributed by atoms with van der Waals surface area (Å²) in [7, 11) is 0. The molecule has 0 radical (unpaired) electrons. The van der Waals surface area contributed by atoms with Crippen LogP contribution in [-0.2, 0) is 31.1 Å². The topological polar surface area (TPSA) is 12.9 Å². The van der Waals surface area contributed by atoms with Gasteiger partial charge >= 0.3 is 0 Å². The van der Waals surface area contributed by atoms with Gasteiger partial charge < -0.3 is 0 Å². The van der Waals surface area contributed by atoms with Gasteiger partial charge in [-0.2, -0.15) is 0 Å². The minimum absolute atomic E-state index is 0.125. The summed E-state index contributed by atoms with van der Waals surface area (Å²) in [4.78, 5) is 4.85. The Kier molecular flexibility index (Phi) is 5.95. The van der Waals surface area contributed by atoms with E-state index in [2.05, 4.69) is 113 Å². The largest absolute Gasteiger partial charge is 0.256 e. The van der Waals surface area contributed by atoms with Crippen molar-refractivity contribution in [2.24, 2.45) is 0 Å². The Labute approximate surface area is 221 Å². The van der Waals surface area contributed by atoms with Crippen LogP contribution in [0.4, 0.5) is 0 Å². The maximum absolute atomic E-state index is 4.85. The van der Waals surface area contributed by atoms with Crippen LogP contribution in [0.25, 0.3) is 33.2 Å². The molecule has 1 nitrogen and oxygen atoms in total. The summed E-state index contributed by atoms with van der Waals surface area (Å²) >= 11 is 0. The first kappa shape index (κ1) is 23.7. The lowest BCUT2D eigenvalue weighted by Gasteiger charge is -2.19. The van der Waals surface area contributed by atoms with Gasteiger partial charge in [-0.15, -0.1) is 0 Å². The summed E-state index contributed by atoms with van der Waals surface area (Å²) in [6, 6.07) is 32.1. The van der Waals surface area contributed by atoms with Gasteiger partial charge in [0.15, 0.2) is 0 Å². The molecular weight excluding hydrogens is 446 g/mol. The van der Waals surface area contributed by atoms with Crippen molar-refractivity contribution in [2.45, 2.75) is 58.8 Å². The van der Waals surface area contributed by atoms with Crippen molar-refractivity contribution < 1.29 is 0 Å². The van der Waals surface area contributed by atoms with Crippen molar-refractivity contribution >= 4 is 10.8 Å². The van der Waals surface area contributed by atoms with E-state index in [0.29, 0.717) is 0 Å². The summed E-state index contributed by atoms with van der Waals surface area (Å²) < 4.78 is 0. The van der Waals surface area contributed by atoms with Gasteiger partial charge in [0.25, 0.3) is 0 Å². The quantitative estimate of drug-likeness (QED) is 0.245. The fourth-order valence-electron chi connectivity index (χ4n) is 5.63. The number of pyridine rings is 1. The third-order valence-electron chi connectivity index (χ3n) is 8.00. The van der Waals surface area contributed by atoms with Crippen molar-refractivity contribution in [3.63, 3.8) is 0 Å². The zero-order valence-corrected chi connectivity index (χ0v) is 22.4. The molecule has 0 amide bonds. The normalized spacial score (nSPS) is 13.5. The van der Waals surface area contributed by atoms with E-state index >= 15 is 0 Å². The molecule has 5 aromatic rings. The van der Waals surface area contributed by atoms with Gasteiger partial charge in [-0.1, -0.05) is 93.6 Å². The summed E-state index contributed by atoms with van der Waals surface area (Å²) in [5.74, 6) is 0. The number of hydrogen-bond acceptors (Lipinski definition) is 1. The molecule has 0 N–H and O–H groups in total. The molecule has 4 aliphatic carbocycles. The van der Waals surface area contributed by atoms with Crippen LogP contribution >= 0.6 is 0 Å². The third kappa shape index (κ3) is 4.83. The van der Waals surface area contributed by atoms with Crippen molar-refractivity contribution in [1.29, 1.82) is 0 Å². The molecular formula is C36H35N. The van der Waals surface area contributed by atoms with Crippen LogP contribution in [0.15, 0.2) is 91.1 Å². The highest BCUT2D eigenvalue weighted by molar-refractivity contribution is 5.86. The number of fused-ring (bicyclic) bond motifs is 1. The van der Waals surface area contributed by atoms with Crippen LogP contribution in [0.1, 0.15) is 54.2 Å². The predicted molar refractivity (Wildman–Crippen MR) is 157 cm³/mol. The average molecular weight is 482 g/mol. The molecule has 1 heteroatoms. The molecule has 1 aromatic heterocycles. The zero-order valence-electron chi connectivity index (χ0n) is 22.4. The lowest BCUT2D eigenvalue weighted by atomic mass is 9.86. The highest BCUT2D eigenvalue weighted by atomic mass is 14.7. The summed E-state index contributed by atoms with van der Waals surface area (Å²) in [5, 5.41) is 2.44. The molecule has 1 heterocycles. The maximum atomic E-state index is 4.85. The molecule has 0 saturated heterocycles. The average Bonchev–Trinajstić information content (AvgIpc) is 2.89. The van der Waals surface area contributed by atoms with Crippen molar-refractivity contribution in [2.75, 3.05) is 0 Å². The Hall–Kier alpha value is -3.71. The van der Waals surface area contributed by atoms with Crippen LogP contribution in [0.2, 0.25) is 0 Å². The van der Waals surface area contributed by atoms with Crippen molar-refractivity contribution in [3.8, 4) is 22.4 Å². The molecule has 37 heavy (non-hydrogen) atoms. The molecule has 0 saturated carbocycles. The van der Waals surface area contributed by atoms with E-state index in [1.165, 1.54) is 60.8 Å². The highest BCUT2D eigenvalue weighted by Gasteiger charge is 2.15. The number of aromatic nitrogens is 1. The number of nitrogens with zero attached hydrogens (tertiary/aromatic N) is 1. The van der Waals surface area contributed by atoms with E-state index in [9.17, 15) is 0 Å². The van der Waals surface area contributed by atoms with Crippen LogP contribution in [0, 0.1) is 6.92 Å². The van der Waals surface area contributed by atoms with E-state index in [4.69, 9.17) is 4.98 Å². The van der Waals surface area contributed by atoms with Crippen LogP contribution < -0.4 is 0 Å². The second-order valence-corrected chi connectivity index (χ2v) is 11.7. The van der Waals surface area contributed by atoms with Gasteiger partial charge in [-0.3, -0.25) is 4.98 Å². The summed E-state index contributed by atoms with van der Waals surface area (Å²) in [6.45, 7) is 9.06. The summed E-state index contributed by atoms with van der Waals surface area (Å²) in [5.41, 5.74) is 13.5. The first-order valence-electron chi connectivity index (χ1n) is 13.5. The SMILES string of the molecule is Cc1cc2ccc1CCc1ccc(c(-c3cccc(-c4cc5cc(C(C)(C)C)ccc5cn4)c3)c1)CC2. The van der Waals surface area contributed by atoms with Crippen LogP contribution in [-0.4, -0.2) is 4.98 Å². The third-order valence-corrected chi connectivity index (χ3v) is 8.00. The zero-order chi connectivity index (χ0) is 25.6. The summed E-state index contributed by atoms with van der Waals surface area (Å²) in [6.07, 6.45) is 6.27. The number of hydrogen-bond donors (Lipinski definition) is 0. The Morgan fingerprint density at radius 1 is 0.622 bits per heavy atom. The van der Waals surface area contributed by atoms with E-state index in [1.54, 1.807) is 0 Å². The molecule has 0 atom stereocenters. The predicted octanol–water partition coefficient (Wildman–Crippen LogP) is 9.06. The van der Waals surface area contributed by atoms with Crippen molar-refractivity contribution in [3.05, 3.63) is 125 Å². The smallest absolute Gasteiger partial charge is 0.0708 e. The van der Waals surface area contributed by atoms with Gasteiger partial charge in [0.05, 0.1) is 5.69 Å². The lowest BCUT2D eigenvalue weighted by Crippen LogP contribution is -2.10. The molecule has 4 aliphatic rings. The molecule has 184 valence electrons. The molecule has 0 unspecified atom stereocenters. The Morgan fingerprint density at radius 3 is 2.14 bits per heavy atom. The van der Waals surface area contributed by atoms with E-state index in [-0.39, 0.29) is 5.41 Å². The van der Waals surface area contributed by atoms with Crippen LogP contribution in [0.5, 0.6) is 0 Å². The number of benzene rings is 4. The first-order valence-corrected chi connectivity index (χ1v) is 13.5. The fraction of sp³-hybridized carbons (Fsp3) is 0.250. The van der Waals surface area contributed by atoms with Gasteiger partial charge in [0.1, 0.15) is 0 Å². The van der Waals surface area contributed by atoms with Gasteiger partial charge in [-0.25, -0.2) is 0 Å². The van der Waals surface area contributed by atoms with Crippen molar-refractivity contribution in [1.82, 2.24) is 4.98 Å². The molecule has 0 fully saturated rings. The van der Waals surface area contributed by atoms with Gasteiger partial charge in [-0.05, 0) is 100 Å². The van der Waals surface area contributed by atoms with E-state index in [1.807, 2.05) is 6.20 Å². The maximum Gasteiger partial charge on any atom is 0.0708 e. The number of aryl methyl sites for hydroxylation is 5. The number of rotatable bonds is 2. The molecule has 4 aromatic carbocycles.